The Kier molecular flexibility index (Phi) is 6.97. The summed E-state index contributed by atoms with van der Waals surface area (Å²) in [7, 11) is 0. The van der Waals surface area contributed by atoms with Crippen molar-refractivity contribution in [2.75, 3.05) is 44.3 Å². The lowest BCUT2D eigenvalue weighted by Crippen LogP contribution is -2.43. The van der Waals surface area contributed by atoms with Crippen LogP contribution in [0.15, 0.2) is 30.6 Å². The second kappa shape index (κ2) is 11.0. The van der Waals surface area contributed by atoms with E-state index in [-0.39, 0.29) is 35.5 Å². The highest BCUT2D eigenvalue weighted by Gasteiger charge is 2.49. The Balaban J connectivity index is 1.29. The van der Waals surface area contributed by atoms with Crippen LogP contribution < -0.4 is 9.64 Å². The van der Waals surface area contributed by atoms with Crippen molar-refractivity contribution in [2.45, 2.75) is 69.7 Å². The van der Waals surface area contributed by atoms with Gasteiger partial charge in [-0.2, -0.15) is 15.1 Å². The molecule has 3 fully saturated rings. The maximum Gasteiger partial charge on any atom is 0.319 e. The van der Waals surface area contributed by atoms with Crippen LogP contribution in [-0.4, -0.2) is 87.3 Å². The van der Waals surface area contributed by atoms with Crippen molar-refractivity contribution in [1.82, 2.24) is 30.0 Å². The monoisotopic (exact) mass is 601 g/mol. The summed E-state index contributed by atoms with van der Waals surface area (Å²) in [5, 5.41) is 8.67. The molecule has 230 valence electrons. The van der Waals surface area contributed by atoms with E-state index in [0.29, 0.717) is 43.7 Å². The molecule has 3 aromatic heterocycles. The molecule has 3 saturated heterocycles. The van der Waals surface area contributed by atoms with Gasteiger partial charge in [-0.1, -0.05) is 12.2 Å². The fraction of sp³-hybridized carbons (Fsp3) is 0.515. The van der Waals surface area contributed by atoms with Gasteiger partial charge in [0, 0.05) is 43.2 Å². The van der Waals surface area contributed by atoms with Gasteiger partial charge in [-0.05, 0) is 69.2 Å². The number of nitrogens with zero attached hydrogens (tertiary/aromatic N) is 6. The maximum absolute atomic E-state index is 17.0. The molecular formula is C33H37F2N7O2. The molecule has 4 aromatic rings. The minimum absolute atomic E-state index is 0.0241. The van der Waals surface area contributed by atoms with E-state index >= 15 is 4.39 Å². The molecule has 1 aromatic carbocycles. The molecule has 8 heterocycles. The number of alkyl halides is 1. The van der Waals surface area contributed by atoms with Gasteiger partial charge >= 0.3 is 6.01 Å². The van der Waals surface area contributed by atoms with Gasteiger partial charge < -0.3 is 14.4 Å². The molecule has 5 aliphatic rings. The zero-order chi connectivity index (χ0) is 29.8. The lowest BCUT2D eigenvalue weighted by Gasteiger charge is -2.34. The first-order valence-corrected chi connectivity index (χ1v) is 15.8. The SMILES string of the molecule is Cc1cc2[nH]ncc2c2c1CC/C=C\CO[C@@H]1CCCN(C1)c1nc(OC[C@@]34CCCN3C[C@H](F)C4)nc3c(F)c-2ncc13. The van der Waals surface area contributed by atoms with Gasteiger partial charge in [0.15, 0.2) is 5.82 Å². The molecular weight excluding hydrogens is 564 g/mol. The van der Waals surface area contributed by atoms with Crippen LogP contribution in [0.1, 0.15) is 49.7 Å². The quantitative estimate of drug-likeness (QED) is 0.310. The highest BCUT2D eigenvalue weighted by molar-refractivity contribution is 5.99. The van der Waals surface area contributed by atoms with Gasteiger partial charge in [0.05, 0.1) is 35.3 Å². The zero-order valence-corrected chi connectivity index (χ0v) is 25.0. The van der Waals surface area contributed by atoms with E-state index in [1.807, 2.05) is 6.92 Å². The minimum atomic E-state index is -0.867. The van der Waals surface area contributed by atoms with Gasteiger partial charge in [-0.25, -0.2) is 8.78 Å². The van der Waals surface area contributed by atoms with Gasteiger partial charge in [0.2, 0.25) is 0 Å². The van der Waals surface area contributed by atoms with Crippen molar-refractivity contribution in [3.63, 3.8) is 0 Å². The number of rotatable bonds is 3. The van der Waals surface area contributed by atoms with Crippen molar-refractivity contribution >= 4 is 27.6 Å². The third kappa shape index (κ3) is 4.72. The second-order valence-corrected chi connectivity index (χ2v) is 12.8. The number of aromatic nitrogens is 5. The van der Waals surface area contributed by atoms with Crippen LogP contribution in [0.3, 0.4) is 0 Å². The van der Waals surface area contributed by atoms with Gasteiger partial charge in [0.1, 0.15) is 29.8 Å². The summed E-state index contributed by atoms with van der Waals surface area (Å²) < 4.78 is 44.0. The number of hydrogen-bond donors (Lipinski definition) is 1. The molecule has 0 unspecified atom stereocenters. The molecule has 5 aliphatic heterocycles. The van der Waals surface area contributed by atoms with Gasteiger partial charge in [-0.15, -0.1) is 0 Å². The molecule has 0 amide bonds. The largest absolute Gasteiger partial charge is 0.461 e. The summed E-state index contributed by atoms with van der Waals surface area (Å²) in [6, 6.07) is 2.17. The number of piperidine rings is 1. The number of hydrogen-bond acceptors (Lipinski definition) is 8. The highest BCUT2D eigenvalue weighted by Crippen LogP contribution is 2.42. The molecule has 11 heteroatoms. The van der Waals surface area contributed by atoms with Gasteiger partial charge in [-0.3, -0.25) is 15.0 Å². The average molecular weight is 602 g/mol. The van der Waals surface area contributed by atoms with Gasteiger partial charge in [0.25, 0.3) is 0 Å². The van der Waals surface area contributed by atoms with Crippen LogP contribution >= 0.6 is 0 Å². The molecule has 0 aliphatic carbocycles. The van der Waals surface area contributed by atoms with Crippen LogP contribution in [0, 0.1) is 12.7 Å². The van der Waals surface area contributed by atoms with E-state index < -0.39 is 12.0 Å². The van der Waals surface area contributed by atoms with E-state index in [0.717, 1.165) is 72.8 Å². The molecule has 0 spiro atoms. The highest BCUT2D eigenvalue weighted by atomic mass is 19.1. The summed E-state index contributed by atoms with van der Waals surface area (Å²) in [6.45, 7) is 5.53. The molecule has 0 radical (unpaired) electrons. The van der Waals surface area contributed by atoms with Crippen LogP contribution in [0.4, 0.5) is 14.6 Å². The molecule has 0 saturated carbocycles. The lowest BCUT2D eigenvalue weighted by atomic mass is 9.92. The molecule has 9 rings (SSSR count). The predicted molar refractivity (Wildman–Crippen MR) is 164 cm³/mol. The number of fused-ring (bicyclic) bond motifs is 7. The summed E-state index contributed by atoms with van der Waals surface area (Å²) in [4.78, 5) is 18.6. The van der Waals surface area contributed by atoms with Crippen molar-refractivity contribution in [2.24, 2.45) is 0 Å². The first-order chi connectivity index (χ1) is 21.5. The Morgan fingerprint density at radius 1 is 1.14 bits per heavy atom. The molecule has 44 heavy (non-hydrogen) atoms. The molecule has 9 nitrogen and oxygen atoms in total. The number of anilines is 1. The molecule has 6 bridgehead atoms. The van der Waals surface area contributed by atoms with E-state index in [1.54, 1.807) is 12.4 Å². The van der Waals surface area contributed by atoms with E-state index in [1.165, 1.54) is 0 Å². The normalized spacial score (nSPS) is 26.5. The average Bonchev–Trinajstić information content (AvgIpc) is 3.72. The Labute approximate surface area is 254 Å². The first-order valence-electron chi connectivity index (χ1n) is 15.8. The lowest BCUT2D eigenvalue weighted by molar-refractivity contribution is 0.0628. The number of nitrogens with one attached hydrogen (secondary N) is 1. The summed E-state index contributed by atoms with van der Waals surface area (Å²) in [5.74, 6) is 0.0792. The Morgan fingerprint density at radius 2 is 2.07 bits per heavy atom. The maximum atomic E-state index is 17.0. The fourth-order valence-electron chi connectivity index (χ4n) is 7.88. The van der Waals surface area contributed by atoms with E-state index in [9.17, 15) is 4.39 Å². The summed E-state index contributed by atoms with van der Waals surface area (Å²) in [6.07, 6.45) is 12.5. The third-order valence-corrected chi connectivity index (χ3v) is 10.0. The Hall–Kier alpha value is -3.70. The standard InChI is InChI=1S/C33H37F2N7O2/c1-20-13-26-24(16-37-40-26)27-23(20)8-3-2-4-12-43-22-7-5-10-41(18-22)31-25-15-36-30(27)28(35)29(25)38-32(39-31)44-19-33-9-6-11-42(33)17-21(34)14-33/h2,4,13,15-16,21-22H,3,5-12,14,17-19H2,1H3,(H,37,40)/b4-2-/t21-,22-,33+/m1/s1. The number of ether oxygens (including phenoxy) is 2. The van der Waals surface area contributed by atoms with Crippen molar-refractivity contribution in [1.29, 1.82) is 0 Å². The van der Waals surface area contributed by atoms with E-state index in [4.69, 9.17) is 19.4 Å². The topological polar surface area (TPSA) is 92.3 Å². The van der Waals surface area contributed by atoms with Crippen LogP contribution in [0.2, 0.25) is 0 Å². The first kappa shape index (κ1) is 27.8. The Bertz CT molecular complexity index is 1760. The van der Waals surface area contributed by atoms with Crippen LogP contribution in [0.25, 0.3) is 33.1 Å². The van der Waals surface area contributed by atoms with Crippen LogP contribution in [0.5, 0.6) is 6.01 Å². The number of benzene rings is 1. The zero-order valence-electron chi connectivity index (χ0n) is 25.0. The minimum Gasteiger partial charge on any atom is -0.461 e. The third-order valence-electron chi connectivity index (χ3n) is 10.0. The van der Waals surface area contributed by atoms with Crippen molar-refractivity contribution in [3.8, 4) is 17.3 Å². The fourth-order valence-corrected chi connectivity index (χ4v) is 7.88. The van der Waals surface area contributed by atoms with E-state index in [2.05, 4.69) is 43.2 Å². The smallest absolute Gasteiger partial charge is 0.319 e. The number of pyridine rings is 1. The molecule has 3 atom stereocenters. The predicted octanol–water partition coefficient (Wildman–Crippen LogP) is 5.46. The number of aryl methyl sites for hydroxylation is 1. The van der Waals surface area contributed by atoms with Crippen molar-refractivity contribution in [3.05, 3.63) is 47.6 Å². The Morgan fingerprint density at radius 3 is 3.00 bits per heavy atom. The van der Waals surface area contributed by atoms with Crippen LogP contribution in [-0.2, 0) is 11.2 Å². The molecule has 1 N–H and O–H groups in total. The number of H-pyrrole nitrogens is 1. The summed E-state index contributed by atoms with van der Waals surface area (Å²) in [5.41, 5.74) is 3.67. The number of allylic oxidation sites excluding steroid dienone is 1. The van der Waals surface area contributed by atoms with Crippen molar-refractivity contribution < 1.29 is 18.3 Å². The number of halogens is 2. The number of aromatic amines is 1. The second-order valence-electron chi connectivity index (χ2n) is 12.8. The summed E-state index contributed by atoms with van der Waals surface area (Å²) >= 11 is 0.